The van der Waals surface area contributed by atoms with E-state index in [9.17, 15) is 32.9 Å². The second-order valence-electron chi connectivity index (χ2n) is 5.93. The predicted molar refractivity (Wildman–Crippen MR) is 84.1 cm³/mol. The molecule has 1 aromatic rings. The Morgan fingerprint density at radius 2 is 2.08 bits per heavy atom. The molecule has 0 unspecified atom stereocenters. The molecule has 1 aliphatic rings. The summed E-state index contributed by atoms with van der Waals surface area (Å²) in [6.45, 7) is -1.01. The molecule has 11 heteroatoms. The van der Waals surface area contributed by atoms with E-state index >= 15 is 0 Å². The molecule has 0 aromatic heterocycles. The van der Waals surface area contributed by atoms with Gasteiger partial charge >= 0.3 is 6.18 Å². The van der Waals surface area contributed by atoms with Crippen LogP contribution in [0.3, 0.4) is 0 Å². The van der Waals surface area contributed by atoms with Crippen molar-refractivity contribution >= 4 is 17.5 Å². The molecule has 2 amide bonds. The molecule has 1 fully saturated rings. The van der Waals surface area contributed by atoms with Gasteiger partial charge in [-0.05, 0) is 25.5 Å². The Kier molecular flexibility index (Phi) is 5.80. The van der Waals surface area contributed by atoms with Crippen LogP contribution >= 0.6 is 0 Å². The number of nitro groups is 1. The number of hydrogen-bond acceptors (Lipinski definition) is 5. The van der Waals surface area contributed by atoms with E-state index in [1.165, 1.54) is 12.1 Å². The summed E-state index contributed by atoms with van der Waals surface area (Å²) < 4.78 is 36.8. The molecular formula is C15H17F3N4O4. The maximum atomic E-state index is 12.3. The number of nitro benzene ring substituents is 1. The zero-order chi connectivity index (χ0) is 19.5. The highest BCUT2D eigenvalue weighted by molar-refractivity contribution is 5.93. The summed E-state index contributed by atoms with van der Waals surface area (Å²) in [5.41, 5.74) is 5.00. The number of carbonyl (C=O) groups is 2. The fourth-order valence-corrected chi connectivity index (χ4v) is 2.86. The first-order valence-corrected chi connectivity index (χ1v) is 7.74. The van der Waals surface area contributed by atoms with Crippen LogP contribution in [-0.4, -0.2) is 46.9 Å². The number of nitrogens with zero attached hydrogens (tertiary/aromatic N) is 2. The molecule has 0 radical (unpaired) electrons. The molecule has 2 rings (SSSR count). The Balaban J connectivity index is 2.15. The summed E-state index contributed by atoms with van der Waals surface area (Å²) in [5, 5.41) is 13.1. The average molecular weight is 374 g/mol. The molecule has 0 bridgehead atoms. The Hall–Kier alpha value is -2.69. The highest BCUT2D eigenvalue weighted by Crippen LogP contribution is 2.26. The number of benzene rings is 1. The van der Waals surface area contributed by atoms with Crippen molar-refractivity contribution in [3.05, 3.63) is 39.4 Å². The number of primary amides is 1. The topological polar surface area (TPSA) is 119 Å². The largest absolute Gasteiger partial charge is 0.405 e. The lowest BCUT2D eigenvalue weighted by molar-refractivity contribution is -0.385. The highest BCUT2D eigenvalue weighted by atomic mass is 19.4. The predicted octanol–water partition coefficient (Wildman–Crippen LogP) is 1.34. The molecule has 142 valence electrons. The number of halogens is 3. The second kappa shape index (κ2) is 7.68. The molecular weight excluding hydrogens is 357 g/mol. The van der Waals surface area contributed by atoms with Crippen LogP contribution in [-0.2, 0) is 11.3 Å². The van der Waals surface area contributed by atoms with Crippen LogP contribution in [0.5, 0.6) is 0 Å². The van der Waals surface area contributed by atoms with Crippen molar-refractivity contribution in [2.24, 2.45) is 5.73 Å². The monoisotopic (exact) mass is 374 g/mol. The molecule has 1 aromatic carbocycles. The third kappa shape index (κ3) is 4.91. The smallest absolute Gasteiger partial charge is 0.366 e. The summed E-state index contributed by atoms with van der Waals surface area (Å²) in [5.74, 6) is -1.58. The minimum Gasteiger partial charge on any atom is -0.366 e. The number of nitrogens with two attached hydrogens (primary N) is 1. The second-order valence-corrected chi connectivity index (χ2v) is 5.93. The number of alkyl halides is 3. The van der Waals surface area contributed by atoms with Gasteiger partial charge in [0.05, 0.1) is 11.0 Å². The first kappa shape index (κ1) is 19.6. The summed E-state index contributed by atoms with van der Waals surface area (Å²) in [6, 6.07) is 2.94. The van der Waals surface area contributed by atoms with Gasteiger partial charge in [0.2, 0.25) is 11.8 Å². The fraction of sp³-hybridized carbons (Fsp3) is 0.467. The lowest BCUT2D eigenvalue weighted by Gasteiger charge is -2.24. The lowest BCUT2D eigenvalue weighted by atomic mass is 10.1. The number of rotatable bonds is 6. The minimum absolute atomic E-state index is 0.000536. The van der Waals surface area contributed by atoms with Gasteiger partial charge in [-0.15, -0.1) is 0 Å². The van der Waals surface area contributed by atoms with Crippen LogP contribution in [0.4, 0.5) is 18.9 Å². The Labute approximate surface area is 146 Å². The van der Waals surface area contributed by atoms with E-state index in [0.29, 0.717) is 19.4 Å². The number of hydrogen-bond donors (Lipinski definition) is 2. The van der Waals surface area contributed by atoms with Crippen LogP contribution in [0.15, 0.2) is 18.2 Å². The Morgan fingerprint density at radius 3 is 2.65 bits per heavy atom. The highest BCUT2D eigenvalue weighted by Gasteiger charge is 2.35. The van der Waals surface area contributed by atoms with E-state index in [-0.39, 0.29) is 23.4 Å². The quantitative estimate of drug-likeness (QED) is 0.575. The molecule has 8 nitrogen and oxygen atoms in total. The number of amides is 2. The molecule has 1 aliphatic heterocycles. The summed E-state index contributed by atoms with van der Waals surface area (Å²) in [6.07, 6.45) is -3.57. The molecule has 1 saturated heterocycles. The summed E-state index contributed by atoms with van der Waals surface area (Å²) in [7, 11) is 0. The standard InChI is InChI=1S/C15H17F3N4O4/c16-15(17,18)8-20-14(24)11-2-1-5-21(11)7-10-4-3-9(13(19)23)6-12(10)22(25)26/h3-4,6,11H,1-2,5,7-8H2,(H2,19,23)(H,20,24)/t11-/m0/s1. The molecule has 3 N–H and O–H groups in total. The number of carbonyl (C=O) groups excluding carboxylic acids is 2. The van der Waals surface area contributed by atoms with Gasteiger partial charge in [-0.1, -0.05) is 6.07 Å². The van der Waals surface area contributed by atoms with Crippen LogP contribution in [0.2, 0.25) is 0 Å². The van der Waals surface area contributed by atoms with Gasteiger partial charge in [-0.3, -0.25) is 24.6 Å². The van der Waals surface area contributed by atoms with Gasteiger partial charge < -0.3 is 11.1 Å². The Morgan fingerprint density at radius 1 is 1.38 bits per heavy atom. The van der Waals surface area contributed by atoms with E-state index in [0.717, 1.165) is 6.07 Å². The molecule has 0 aliphatic carbocycles. The van der Waals surface area contributed by atoms with E-state index in [4.69, 9.17) is 5.73 Å². The van der Waals surface area contributed by atoms with Crippen molar-refractivity contribution in [1.82, 2.24) is 10.2 Å². The third-order valence-corrected chi connectivity index (χ3v) is 4.07. The normalized spacial score (nSPS) is 17.9. The molecule has 1 heterocycles. The van der Waals surface area contributed by atoms with Crippen molar-refractivity contribution in [3.8, 4) is 0 Å². The van der Waals surface area contributed by atoms with Crippen molar-refractivity contribution in [2.75, 3.05) is 13.1 Å². The van der Waals surface area contributed by atoms with Crippen molar-refractivity contribution in [2.45, 2.75) is 31.6 Å². The van der Waals surface area contributed by atoms with E-state index < -0.39 is 35.5 Å². The third-order valence-electron chi connectivity index (χ3n) is 4.07. The lowest BCUT2D eigenvalue weighted by Crippen LogP contribution is -2.45. The zero-order valence-corrected chi connectivity index (χ0v) is 13.6. The SMILES string of the molecule is NC(=O)c1ccc(CN2CCC[C@H]2C(=O)NCC(F)(F)F)c([N+](=O)[O-])c1. The molecule has 26 heavy (non-hydrogen) atoms. The van der Waals surface area contributed by atoms with Crippen LogP contribution in [0, 0.1) is 10.1 Å². The van der Waals surface area contributed by atoms with Crippen molar-refractivity contribution in [1.29, 1.82) is 0 Å². The van der Waals surface area contributed by atoms with Crippen LogP contribution in [0.1, 0.15) is 28.8 Å². The van der Waals surface area contributed by atoms with Gasteiger partial charge in [-0.25, -0.2) is 0 Å². The minimum atomic E-state index is -4.51. The summed E-state index contributed by atoms with van der Waals surface area (Å²) >= 11 is 0. The fourth-order valence-electron chi connectivity index (χ4n) is 2.86. The van der Waals surface area contributed by atoms with Gasteiger partial charge in [0.25, 0.3) is 5.69 Å². The van der Waals surface area contributed by atoms with E-state index in [1.807, 2.05) is 5.32 Å². The van der Waals surface area contributed by atoms with Crippen LogP contribution < -0.4 is 11.1 Å². The van der Waals surface area contributed by atoms with Gasteiger partial charge in [0.15, 0.2) is 0 Å². The maximum Gasteiger partial charge on any atom is 0.405 e. The molecule has 0 spiro atoms. The first-order valence-electron chi connectivity index (χ1n) is 7.74. The maximum absolute atomic E-state index is 12.3. The van der Waals surface area contributed by atoms with E-state index in [2.05, 4.69) is 0 Å². The average Bonchev–Trinajstić information content (AvgIpc) is 3.00. The van der Waals surface area contributed by atoms with Crippen LogP contribution in [0.25, 0.3) is 0 Å². The van der Waals surface area contributed by atoms with Crippen molar-refractivity contribution < 1.29 is 27.7 Å². The number of nitrogens with one attached hydrogen (secondary N) is 1. The van der Waals surface area contributed by atoms with Crippen molar-refractivity contribution in [3.63, 3.8) is 0 Å². The van der Waals surface area contributed by atoms with Gasteiger partial charge in [0, 0.05) is 23.7 Å². The molecule has 0 saturated carbocycles. The van der Waals surface area contributed by atoms with Gasteiger partial charge in [0.1, 0.15) is 6.54 Å². The van der Waals surface area contributed by atoms with Gasteiger partial charge in [-0.2, -0.15) is 13.2 Å². The zero-order valence-electron chi connectivity index (χ0n) is 13.6. The van der Waals surface area contributed by atoms with E-state index in [1.54, 1.807) is 4.90 Å². The number of likely N-dealkylation sites (tertiary alicyclic amines) is 1. The Bertz CT molecular complexity index is 723. The summed E-state index contributed by atoms with van der Waals surface area (Å²) in [4.78, 5) is 35.3. The molecule has 1 atom stereocenters. The first-order chi connectivity index (χ1) is 12.1.